The second-order valence-electron chi connectivity index (χ2n) is 2.00. The van der Waals surface area contributed by atoms with Crippen LogP contribution in [0.4, 0.5) is 0 Å². The Morgan fingerprint density at radius 2 is 2.00 bits per heavy atom. The van der Waals surface area contributed by atoms with Gasteiger partial charge in [0.15, 0.2) is 0 Å². The molecule has 0 heterocycles. The summed E-state index contributed by atoms with van der Waals surface area (Å²) in [6.45, 7) is 0. The Morgan fingerprint density at radius 3 is 2.89 bits per heavy atom. The first kappa shape index (κ1) is 5.04. The highest BCUT2D eigenvalue weighted by atomic mass is 14.2. The predicted molar refractivity (Wildman–Crippen MR) is 35.6 cm³/mol. The Morgan fingerprint density at radius 1 is 1.11 bits per heavy atom. The van der Waals surface area contributed by atoms with E-state index < -0.39 is 0 Å². The molecule has 0 nitrogen and oxygen atoms in total. The van der Waals surface area contributed by atoms with Crippen molar-refractivity contribution in [3.8, 4) is 0 Å². The Hall–Kier alpha value is -0.780. The second kappa shape index (κ2) is 1.87. The topological polar surface area (TPSA) is 0 Å². The molecule has 0 saturated heterocycles. The van der Waals surface area contributed by atoms with Gasteiger partial charge in [-0.05, 0) is 12.2 Å². The molecule has 9 heavy (non-hydrogen) atoms. The minimum Gasteiger partial charge on any atom is -0.0755 e. The lowest BCUT2D eigenvalue weighted by molar-refractivity contribution is 1.22. The quantitative estimate of drug-likeness (QED) is 0.448. The fourth-order valence-electron chi connectivity index (χ4n) is 0.928. The lowest BCUT2D eigenvalue weighted by Gasteiger charge is -2.10. The van der Waals surface area contributed by atoms with Crippen LogP contribution in [0.5, 0.6) is 0 Å². The van der Waals surface area contributed by atoms with E-state index in [1.54, 1.807) is 0 Å². The van der Waals surface area contributed by atoms with E-state index in [0.29, 0.717) is 0 Å². The highest BCUT2D eigenvalue weighted by molar-refractivity contribution is 5.52. The van der Waals surface area contributed by atoms with E-state index in [1.807, 2.05) is 24.6 Å². The Kier molecular flexibility index (Phi) is 1.05. The van der Waals surface area contributed by atoms with Gasteiger partial charge in [0.1, 0.15) is 0 Å². The third-order valence-corrected chi connectivity index (χ3v) is 1.40. The summed E-state index contributed by atoms with van der Waals surface area (Å²) < 4.78 is 0. The maximum atomic E-state index is 2.99. The number of hydrogen-bond acceptors (Lipinski definition) is 0. The van der Waals surface area contributed by atoms with Crippen molar-refractivity contribution in [2.45, 2.75) is 0 Å². The number of fused-ring (bicyclic) bond motifs is 1. The zero-order chi connectivity index (χ0) is 6.10. The summed E-state index contributed by atoms with van der Waals surface area (Å²) in [5.41, 5.74) is 0. The molecule has 0 fully saturated rings. The van der Waals surface area contributed by atoms with Crippen LogP contribution < -0.4 is 0 Å². The molecule has 0 aliphatic heterocycles. The molecule has 2 aliphatic carbocycles. The molecule has 0 unspecified atom stereocenters. The standard InChI is InChI=1S/C9H5/c1-2-5-9-7-3-6-8(9)4-1/h1-2,4-6H. The van der Waals surface area contributed by atoms with Gasteiger partial charge in [0.05, 0.1) is 0 Å². The van der Waals surface area contributed by atoms with Crippen molar-refractivity contribution in [3.63, 3.8) is 0 Å². The molecular weight excluding hydrogens is 108 g/mol. The summed E-state index contributed by atoms with van der Waals surface area (Å²) in [6, 6.07) is 0. The van der Waals surface area contributed by atoms with Gasteiger partial charge in [-0.25, -0.2) is 0 Å². The molecule has 0 heteroatoms. The number of hydrogen-bond donors (Lipinski definition) is 0. The molecule has 0 amide bonds. The molecule has 0 saturated carbocycles. The van der Waals surface area contributed by atoms with Gasteiger partial charge in [-0.1, -0.05) is 24.3 Å². The van der Waals surface area contributed by atoms with E-state index in [-0.39, 0.29) is 0 Å². The molecule has 0 aromatic heterocycles. The molecule has 0 aromatic carbocycles. The first-order valence-corrected chi connectivity index (χ1v) is 2.90. The van der Waals surface area contributed by atoms with Gasteiger partial charge in [0.25, 0.3) is 0 Å². The fourth-order valence-corrected chi connectivity index (χ4v) is 0.928. The van der Waals surface area contributed by atoms with Crippen LogP contribution in [0, 0.1) is 30.4 Å². The van der Waals surface area contributed by atoms with Crippen molar-refractivity contribution < 1.29 is 0 Å². The van der Waals surface area contributed by atoms with Crippen LogP contribution in [-0.4, -0.2) is 0 Å². The van der Waals surface area contributed by atoms with Crippen molar-refractivity contribution in [1.82, 2.24) is 0 Å². The van der Waals surface area contributed by atoms with Gasteiger partial charge in [0.2, 0.25) is 0 Å². The molecular formula is C9H5. The van der Waals surface area contributed by atoms with Gasteiger partial charge in [-0.2, -0.15) is 0 Å². The normalized spacial score (nSPS) is 25.3. The summed E-state index contributed by atoms with van der Waals surface area (Å²) in [6.07, 6.45) is 16.0. The van der Waals surface area contributed by atoms with Crippen LogP contribution in [0.25, 0.3) is 0 Å². The van der Waals surface area contributed by atoms with E-state index in [0.717, 1.165) is 5.92 Å². The minimum atomic E-state index is 1.15. The number of rotatable bonds is 0. The molecule has 0 bridgehead atoms. The summed E-state index contributed by atoms with van der Waals surface area (Å²) in [5.74, 6) is 2.37. The van der Waals surface area contributed by atoms with Gasteiger partial charge in [-0.15, -0.1) is 0 Å². The van der Waals surface area contributed by atoms with Gasteiger partial charge in [-0.3, -0.25) is 0 Å². The molecule has 41 valence electrons. The zero-order valence-electron chi connectivity index (χ0n) is 4.89. The molecule has 0 atom stereocenters. The van der Waals surface area contributed by atoms with Gasteiger partial charge in [0, 0.05) is 18.3 Å². The predicted octanol–water partition coefficient (Wildman–Crippen LogP) is 1.64. The largest absolute Gasteiger partial charge is 0.0755 e. The summed E-state index contributed by atoms with van der Waals surface area (Å²) in [5, 5.41) is 0. The van der Waals surface area contributed by atoms with Crippen LogP contribution >= 0.6 is 0 Å². The average molecular weight is 113 g/mol. The van der Waals surface area contributed by atoms with Crippen LogP contribution in [0.1, 0.15) is 0 Å². The Bertz CT molecular complexity index is 184. The third-order valence-electron chi connectivity index (χ3n) is 1.40. The minimum absolute atomic E-state index is 1.15. The second-order valence-corrected chi connectivity index (χ2v) is 2.00. The summed E-state index contributed by atoms with van der Waals surface area (Å²) in [4.78, 5) is 0. The van der Waals surface area contributed by atoms with Gasteiger partial charge >= 0.3 is 0 Å². The molecule has 2 rings (SSSR count). The van der Waals surface area contributed by atoms with E-state index in [4.69, 9.17) is 0 Å². The van der Waals surface area contributed by atoms with E-state index in [2.05, 4.69) is 18.2 Å². The smallest absolute Gasteiger partial charge is 0.0388 e. The van der Waals surface area contributed by atoms with Crippen molar-refractivity contribution in [2.75, 3.05) is 0 Å². The third kappa shape index (κ3) is 0.748. The lowest BCUT2D eigenvalue weighted by Crippen LogP contribution is -1.99. The monoisotopic (exact) mass is 113 g/mol. The fraction of sp³-hybridized carbons (Fsp3) is 0. The summed E-state index contributed by atoms with van der Waals surface area (Å²) >= 11 is 0. The first-order valence-electron chi connectivity index (χ1n) is 2.90. The highest BCUT2D eigenvalue weighted by Gasteiger charge is 2.21. The van der Waals surface area contributed by atoms with Crippen LogP contribution in [-0.2, 0) is 0 Å². The maximum absolute atomic E-state index is 2.99. The van der Waals surface area contributed by atoms with Gasteiger partial charge < -0.3 is 0 Å². The highest BCUT2D eigenvalue weighted by Crippen LogP contribution is 2.31. The first-order chi connectivity index (χ1) is 4.47. The van der Waals surface area contributed by atoms with E-state index in [9.17, 15) is 0 Å². The lowest BCUT2D eigenvalue weighted by atomic mass is 9.92. The van der Waals surface area contributed by atoms with E-state index >= 15 is 0 Å². The van der Waals surface area contributed by atoms with Crippen LogP contribution in [0.15, 0.2) is 24.3 Å². The van der Waals surface area contributed by atoms with Crippen molar-refractivity contribution in [3.05, 3.63) is 54.7 Å². The van der Waals surface area contributed by atoms with Crippen LogP contribution in [0.3, 0.4) is 0 Å². The summed E-state index contributed by atoms with van der Waals surface area (Å²) in [7, 11) is 0. The molecule has 2 aliphatic rings. The van der Waals surface area contributed by atoms with Crippen LogP contribution in [0.2, 0.25) is 0 Å². The Balaban J connectivity index is 2.25. The Labute approximate surface area is 55.6 Å². The molecule has 0 aromatic rings. The van der Waals surface area contributed by atoms with Crippen molar-refractivity contribution in [1.29, 1.82) is 0 Å². The molecule has 5 radical (unpaired) electrons. The SMILES string of the molecule is [C]1=[C][C]2C=CC=C[C]2[CH]1. The van der Waals surface area contributed by atoms with Crippen molar-refractivity contribution in [2.24, 2.45) is 0 Å². The number of allylic oxidation sites excluding steroid dienone is 6. The average Bonchev–Trinajstić information content (AvgIpc) is 2.33. The maximum Gasteiger partial charge on any atom is 0.0388 e. The zero-order valence-corrected chi connectivity index (χ0v) is 4.89. The molecule has 0 spiro atoms. The molecule has 0 N–H and O–H groups in total. The van der Waals surface area contributed by atoms with Crippen molar-refractivity contribution >= 4 is 0 Å². The van der Waals surface area contributed by atoms with E-state index in [1.165, 1.54) is 5.92 Å².